The molecule has 1 aliphatic rings. The second-order valence-electron chi connectivity index (χ2n) is 6.67. The van der Waals surface area contributed by atoms with Gasteiger partial charge in [0.15, 0.2) is 0 Å². The Morgan fingerprint density at radius 1 is 1.15 bits per heavy atom. The van der Waals surface area contributed by atoms with Crippen molar-refractivity contribution in [3.05, 3.63) is 53.6 Å². The maximum Gasteiger partial charge on any atom is 0.227 e. The van der Waals surface area contributed by atoms with Crippen LogP contribution in [0.15, 0.2) is 42.5 Å². The Bertz CT molecular complexity index is 796. The van der Waals surface area contributed by atoms with Crippen molar-refractivity contribution >= 4 is 23.2 Å². The van der Waals surface area contributed by atoms with E-state index in [9.17, 15) is 9.59 Å². The van der Waals surface area contributed by atoms with E-state index in [2.05, 4.69) is 11.4 Å². The van der Waals surface area contributed by atoms with Crippen molar-refractivity contribution in [3.8, 4) is 5.75 Å². The number of anilines is 2. The van der Waals surface area contributed by atoms with Crippen LogP contribution in [0.5, 0.6) is 5.75 Å². The number of nitrogens with one attached hydrogen (secondary N) is 1. The summed E-state index contributed by atoms with van der Waals surface area (Å²) in [6, 6.07) is 13.4. The van der Waals surface area contributed by atoms with Gasteiger partial charge in [0.05, 0.1) is 13.0 Å². The van der Waals surface area contributed by atoms with E-state index in [-0.39, 0.29) is 18.2 Å². The molecule has 26 heavy (non-hydrogen) atoms. The predicted molar refractivity (Wildman–Crippen MR) is 103 cm³/mol. The van der Waals surface area contributed by atoms with Crippen LogP contribution in [0.1, 0.15) is 30.4 Å². The minimum Gasteiger partial charge on any atom is -0.493 e. The standard InChI is InChI=1S/C21H24N2O3/c1-15-11-16(2)13-19(12-15)26-10-8-20(24)22-17-5-3-6-18(14-17)23-9-4-7-21(23)25/h3,5-6,11-14H,4,7-10H2,1-2H3,(H,22,24). The van der Waals surface area contributed by atoms with Crippen LogP contribution in [0.2, 0.25) is 0 Å². The molecule has 1 fully saturated rings. The third-order valence-electron chi connectivity index (χ3n) is 4.31. The van der Waals surface area contributed by atoms with Crippen molar-refractivity contribution in [2.24, 2.45) is 0 Å². The molecule has 1 N–H and O–H groups in total. The van der Waals surface area contributed by atoms with Gasteiger partial charge in [-0.1, -0.05) is 12.1 Å². The molecular formula is C21H24N2O3. The summed E-state index contributed by atoms with van der Waals surface area (Å²) < 4.78 is 5.68. The zero-order chi connectivity index (χ0) is 18.5. The van der Waals surface area contributed by atoms with E-state index in [0.29, 0.717) is 18.7 Å². The number of amides is 2. The maximum atomic E-state index is 12.2. The first-order valence-electron chi connectivity index (χ1n) is 8.93. The molecule has 2 aromatic rings. The first-order chi connectivity index (χ1) is 12.5. The molecule has 0 radical (unpaired) electrons. The van der Waals surface area contributed by atoms with E-state index < -0.39 is 0 Å². The second kappa shape index (κ2) is 8.04. The number of aryl methyl sites for hydroxylation is 2. The van der Waals surface area contributed by atoms with Crippen LogP contribution < -0.4 is 15.0 Å². The lowest BCUT2D eigenvalue weighted by molar-refractivity contribution is -0.117. The highest BCUT2D eigenvalue weighted by Gasteiger charge is 2.21. The molecule has 1 heterocycles. The molecule has 3 rings (SSSR count). The lowest BCUT2D eigenvalue weighted by atomic mass is 10.1. The van der Waals surface area contributed by atoms with E-state index in [1.54, 1.807) is 4.90 Å². The molecule has 2 amide bonds. The van der Waals surface area contributed by atoms with Gasteiger partial charge in [-0.2, -0.15) is 0 Å². The van der Waals surface area contributed by atoms with Crippen LogP contribution in [0.3, 0.4) is 0 Å². The Labute approximate surface area is 154 Å². The van der Waals surface area contributed by atoms with Crippen LogP contribution in [0, 0.1) is 13.8 Å². The molecule has 0 aromatic heterocycles. The summed E-state index contributed by atoms with van der Waals surface area (Å²) in [5.74, 6) is 0.805. The highest BCUT2D eigenvalue weighted by atomic mass is 16.5. The molecule has 2 aromatic carbocycles. The fourth-order valence-electron chi connectivity index (χ4n) is 3.17. The molecule has 0 aliphatic carbocycles. The number of nitrogens with zero attached hydrogens (tertiary/aromatic N) is 1. The molecule has 0 bridgehead atoms. The van der Waals surface area contributed by atoms with Crippen LogP contribution in [0.4, 0.5) is 11.4 Å². The summed E-state index contributed by atoms with van der Waals surface area (Å²) >= 11 is 0. The predicted octanol–water partition coefficient (Wildman–Crippen LogP) is 3.84. The van der Waals surface area contributed by atoms with Crippen molar-refractivity contribution in [3.63, 3.8) is 0 Å². The van der Waals surface area contributed by atoms with E-state index in [1.165, 1.54) is 0 Å². The van der Waals surface area contributed by atoms with Gasteiger partial charge in [0, 0.05) is 24.3 Å². The average molecular weight is 352 g/mol. The molecule has 0 unspecified atom stereocenters. The van der Waals surface area contributed by atoms with E-state index in [4.69, 9.17) is 4.74 Å². The largest absolute Gasteiger partial charge is 0.493 e. The van der Waals surface area contributed by atoms with Gasteiger partial charge in [0.25, 0.3) is 0 Å². The minimum absolute atomic E-state index is 0.112. The van der Waals surface area contributed by atoms with Crippen LogP contribution in [0.25, 0.3) is 0 Å². The number of ether oxygens (including phenoxy) is 1. The third kappa shape index (κ3) is 4.63. The normalized spacial score (nSPS) is 13.8. The fourth-order valence-corrected chi connectivity index (χ4v) is 3.17. The highest BCUT2D eigenvalue weighted by molar-refractivity contribution is 5.97. The number of carbonyl (C=O) groups excluding carboxylic acids is 2. The molecule has 0 atom stereocenters. The number of benzene rings is 2. The Morgan fingerprint density at radius 3 is 2.62 bits per heavy atom. The summed E-state index contributed by atoms with van der Waals surface area (Å²) in [5, 5.41) is 2.87. The topological polar surface area (TPSA) is 58.6 Å². The number of hydrogen-bond acceptors (Lipinski definition) is 3. The van der Waals surface area contributed by atoms with Crippen molar-refractivity contribution in [2.75, 3.05) is 23.4 Å². The fraction of sp³-hybridized carbons (Fsp3) is 0.333. The molecule has 0 spiro atoms. The van der Waals surface area contributed by atoms with Gasteiger partial charge in [-0.25, -0.2) is 0 Å². The van der Waals surface area contributed by atoms with Crippen molar-refractivity contribution in [1.82, 2.24) is 0 Å². The van der Waals surface area contributed by atoms with Gasteiger partial charge in [-0.05, 0) is 61.7 Å². The van der Waals surface area contributed by atoms with E-state index in [1.807, 2.05) is 50.2 Å². The number of rotatable bonds is 6. The highest BCUT2D eigenvalue weighted by Crippen LogP contribution is 2.24. The van der Waals surface area contributed by atoms with Crippen molar-refractivity contribution in [1.29, 1.82) is 0 Å². The molecule has 5 nitrogen and oxygen atoms in total. The van der Waals surface area contributed by atoms with Crippen molar-refractivity contribution in [2.45, 2.75) is 33.1 Å². The first-order valence-corrected chi connectivity index (χ1v) is 8.93. The van der Waals surface area contributed by atoms with Gasteiger partial charge in [-0.15, -0.1) is 0 Å². The summed E-state index contributed by atoms with van der Waals surface area (Å²) in [4.78, 5) is 25.8. The van der Waals surface area contributed by atoms with Gasteiger partial charge in [0.1, 0.15) is 5.75 Å². The zero-order valence-corrected chi connectivity index (χ0v) is 15.2. The molecule has 1 aliphatic heterocycles. The molecule has 0 saturated carbocycles. The molecule has 136 valence electrons. The first kappa shape index (κ1) is 18.0. The Balaban J connectivity index is 1.52. The van der Waals surface area contributed by atoms with Crippen LogP contribution >= 0.6 is 0 Å². The Hall–Kier alpha value is -2.82. The SMILES string of the molecule is Cc1cc(C)cc(OCCC(=O)Nc2cccc(N3CCCC3=O)c2)c1. The lowest BCUT2D eigenvalue weighted by Crippen LogP contribution is -2.23. The summed E-state index contributed by atoms with van der Waals surface area (Å²) in [6.07, 6.45) is 1.73. The van der Waals surface area contributed by atoms with Gasteiger partial charge in [-0.3, -0.25) is 9.59 Å². The van der Waals surface area contributed by atoms with Crippen LogP contribution in [-0.2, 0) is 9.59 Å². The van der Waals surface area contributed by atoms with E-state index in [0.717, 1.165) is 35.5 Å². The van der Waals surface area contributed by atoms with Crippen LogP contribution in [-0.4, -0.2) is 25.0 Å². The summed E-state index contributed by atoms with van der Waals surface area (Å²) in [6.45, 7) is 5.09. The Morgan fingerprint density at radius 2 is 1.92 bits per heavy atom. The molecule has 5 heteroatoms. The monoisotopic (exact) mass is 352 g/mol. The molecule has 1 saturated heterocycles. The quantitative estimate of drug-likeness (QED) is 0.859. The second-order valence-corrected chi connectivity index (χ2v) is 6.67. The van der Waals surface area contributed by atoms with E-state index >= 15 is 0 Å². The third-order valence-corrected chi connectivity index (χ3v) is 4.31. The van der Waals surface area contributed by atoms with Gasteiger partial charge in [0.2, 0.25) is 11.8 Å². The zero-order valence-electron chi connectivity index (χ0n) is 15.2. The lowest BCUT2D eigenvalue weighted by Gasteiger charge is -2.16. The van der Waals surface area contributed by atoms with Gasteiger partial charge < -0.3 is 15.0 Å². The van der Waals surface area contributed by atoms with Gasteiger partial charge >= 0.3 is 0 Å². The smallest absolute Gasteiger partial charge is 0.227 e. The average Bonchev–Trinajstić information content (AvgIpc) is 3.00. The molecular weight excluding hydrogens is 328 g/mol. The minimum atomic E-state index is -0.112. The van der Waals surface area contributed by atoms with Crippen molar-refractivity contribution < 1.29 is 14.3 Å². The summed E-state index contributed by atoms with van der Waals surface area (Å²) in [7, 11) is 0. The Kier molecular flexibility index (Phi) is 5.56. The number of carbonyl (C=O) groups is 2. The summed E-state index contributed by atoms with van der Waals surface area (Å²) in [5.41, 5.74) is 3.80. The maximum absolute atomic E-state index is 12.2. The number of hydrogen-bond donors (Lipinski definition) is 1.